The molecule has 2 fully saturated rings. The molecule has 0 spiro atoms. The molecule has 0 aliphatic carbocycles. The topological polar surface area (TPSA) is 53.6 Å². The Bertz CT molecular complexity index is 290. The van der Waals surface area contributed by atoms with Crippen LogP contribution in [0.4, 0.5) is 4.79 Å². The summed E-state index contributed by atoms with van der Waals surface area (Å²) in [5.74, 6) is 0. The maximum absolute atomic E-state index is 12.3. The predicted molar refractivity (Wildman–Crippen MR) is 79.9 cm³/mol. The van der Waals surface area contributed by atoms with Crippen molar-refractivity contribution in [1.29, 1.82) is 0 Å². The van der Waals surface area contributed by atoms with Crippen LogP contribution in [0.25, 0.3) is 0 Å². The zero-order valence-corrected chi connectivity index (χ0v) is 12.7. The number of carbonyl (C=O) groups excluding carboxylic acids is 1. The molecule has 0 aromatic rings. The number of amides is 2. The van der Waals surface area contributed by atoms with Crippen LogP contribution in [0.3, 0.4) is 0 Å². The van der Waals surface area contributed by atoms with Crippen molar-refractivity contribution < 1.29 is 9.53 Å². The van der Waals surface area contributed by atoms with E-state index in [1.54, 1.807) is 7.11 Å². The number of piperidine rings is 1. The first-order valence-electron chi connectivity index (χ1n) is 7.98. The summed E-state index contributed by atoms with van der Waals surface area (Å²) in [6.45, 7) is 5.31. The van der Waals surface area contributed by atoms with Crippen molar-refractivity contribution >= 4 is 6.03 Å². The van der Waals surface area contributed by atoms with Crippen LogP contribution in [-0.2, 0) is 4.74 Å². The third kappa shape index (κ3) is 4.35. The summed E-state index contributed by atoms with van der Waals surface area (Å²) in [6.07, 6.45) is 6.93. The highest BCUT2D eigenvalue weighted by Crippen LogP contribution is 2.28. The molecule has 0 aromatic heterocycles. The molecule has 0 aromatic carbocycles. The Balaban J connectivity index is 1.83. The summed E-state index contributed by atoms with van der Waals surface area (Å²) >= 11 is 0. The monoisotopic (exact) mass is 283 g/mol. The number of urea groups is 1. The number of carbonyl (C=O) groups is 1. The second-order valence-corrected chi connectivity index (χ2v) is 6.24. The molecule has 5 nitrogen and oxygen atoms in total. The van der Waals surface area contributed by atoms with Crippen LogP contribution in [0.1, 0.15) is 38.5 Å². The lowest BCUT2D eigenvalue weighted by atomic mass is 9.79. The molecule has 0 unspecified atom stereocenters. The van der Waals surface area contributed by atoms with Gasteiger partial charge in [-0.1, -0.05) is 12.8 Å². The molecule has 0 bridgehead atoms. The van der Waals surface area contributed by atoms with E-state index in [9.17, 15) is 4.79 Å². The van der Waals surface area contributed by atoms with Gasteiger partial charge in [0.25, 0.3) is 0 Å². The van der Waals surface area contributed by atoms with Crippen molar-refractivity contribution in [3.63, 3.8) is 0 Å². The largest absolute Gasteiger partial charge is 0.384 e. The van der Waals surface area contributed by atoms with Gasteiger partial charge in [0.1, 0.15) is 0 Å². The zero-order valence-electron chi connectivity index (χ0n) is 12.7. The molecular formula is C15H29N3O2. The molecule has 0 saturated carbocycles. The Hall–Kier alpha value is -0.810. The zero-order chi connectivity index (χ0) is 14.3. The average molecular weight is 283 g/mol. The number of rotatable bonds is 4. The van der Waals surface area contributed by atoms with Crippen molar-refractivity contribution in [3.05, 3.63) is 0 Å². The van der Waals surface area contributed by atoms with E-state index in [1.807, 2.05) is 4.90 Å². The highest BCUT2D eigenvalue weighted by Gasteiger charge is 2.33. The summed E-state index contributed by atoms with van der Waals surface area (Å²) in [5, 5.41) is 6.53. The second-order valence-electron chi connectivity index (χ2n) is 6.24. The molecule has 0 atom stereocenters. The molecule has 2 saturated heterocycles. The number of likely N-dealkylation sites (tertiary alicyclic amines) is 1. The standard InChI is InChI=1S/C15H29N3O2/c1-20-13-15(6-8-16-9-7-15)12-17-14(19)18-10-4-2-3-5-11-18/h16H,2-13H2,1H3,(H,17,19). The fraction of sp³-hybridized carbons (Fsp3) is 0.933. The Kier molecular flexibility index (Phi) is 6.10. The van der Waals surface area contributed by atoms with Gasteiger partial charge in [0.15, 0.2) is 0 Å². The Morgan fingerprint density at radius 1 is 1.20 bits per heavy atom. The minimum Gasteiger partial charge on any atom is -0.384 e. The molecule has 2 N–H and O–H groups in total. The molecule has 2 aliphatic rings. The third-order valence-corrected chi connectivity index (χ3v) is 4.62. The van der Waals surface area contributed by atoms with Crippen molar-refractivity contribution in [3.8, 4) is 0 Å². The summed E-state index contributed by atoms with van der Waals surface area (Å²) < 4.78 is 5.39. The van der Waals surface area contributed by atoms with E-state index in [1.165, 1.54) is 12.8 Å². The van der Waals surface area contributed by atoms with Gasteiger partial charge in [-0.15, -0.1) is 0 Å². The van der Waals surface area contributed by atoms with Crippen molar-refractivity contribution in [1.82, 2.24) is 15.5 Å². The van der Waals surface area contributed by atoms with Crippen LogP contribution in [0.2, 0.25) is 0 Å². The summed E-state index contributed by atoms with van der Waals surface area (Å²) in [7, 11) is 1.75. The van der Waals surface area contributed by atoms with Crippen LogP contribution in [0.5, 0.6) is 0 Å². The van der Waals surface area contributed by atoms with Gasteiger partial charge < -0.3 is 20.3 Å². The van der Waals surface area contributed by atoms with Gasteiger partial charge in [-0.2, -0.15) is 0 Å². The number of nitrogens with one attached hydrogen (secondary N) is 2. The van der Waals surface area contributed by atoms with Crippen LogP contribution < -0.4 is 10.6 Å². The van der Waals surface area contributed by atoms with E-state index < -0.39 is 0 Å². The molecule has 2 rings (SSSR count). The van der Waals surface area contributed by atoms with E-state index >= 15 is 0 Å². The predicted octanol–water partition coefficient (Wildman–Crippen LogP) is 1.59. The van der Waals surface area contributed by atoms with E-state index in [2.05, 4.69) is 10.6 Å². The van der Waals surface area contributed by atoms with Crippen molar-refractivity contribution in [2.24, 2.45) is 5.41 Å². The molecule has 20 heavy (non-hydrogen) atoms. The maximum Gasteiger partial charge on any atom is 0.317 e. The van der Waals surface area contributed by atoms with Crippen LogP contribution >= 0.6 is 0 Å². The van der Waals surface area contributed by atoms with Crippen LogP contribution in [0, 0.1) is 5.41 Å². The molecule has 2 heterocycles. The quantitative estimate of drug-likeness (QED) is 0.824. The minimum absolute atomic E-state index is 0.112. The number of hydrogen-bond donors (Lipinski definition) is 2. The molecule has 5 heteroatoms. The lowest BCUT2D eigenvalue weighted by Crippen LogP contribution is -2.50. The van der Waals surface area contributed by atoms with E-state index in [-0.39, 0.29) is 11.4 Å². The van der Waals surface area contributed by atoms with Crippen LogP contribution in [-0.4, -0.2) is 57.4 Å². The SMILES string of the molecule is COCC1(CNC(=O)N2CCCCCC2)CCNCC1. The van der Waals surface area contributed by atoms with Gasteiger partial charge in [-0.05, 0) is 38.8 Å². The fourth-order valence-electron chi connectivity index (χ4n) is 3.28. The van der Waals surface area contributed by atoms with Gasteiger partial charge in [0.05, 0.1) is 6.61 Å². The van der Waals surface area contributed by atoms with E-state index in [0.29, 0.717) is 0 Å². The van der Waals surface area contributed by atoms with Gasteiger partial charge in [0.2, 0.25) is 0 Å². The molecule has 0 radical (unpaired) electrons. The number of hydrogen-bond acceptors (Lipinski definition) is 3. The highest BCUT2D eigenvalue weighted by molar-refractivity contribution is 5.74. The minimum atomic E-state index is 0.112. The van der Waals surface area contributed by atoms with Gasteiger partial charge in [-0.3, -0.25) is 0 Å². The fourth-order valence-corrected chi connectivity index (χ4v) is 3.28. The highest BCUT2D eigenvalue weighted by atomic mass is 16.5. The number of ether oxygens (including phenoxy) is 1. The first kappa shape index (κ1) is 15.6. The van der Waals surface area contributed by atoms with Gasteiger partial charge in [-0.25, -0.2) is 4.79 Å². The van der Waals surface area contributed by atoms with Gasteiger partial charge in [0, 0.05) is 32.2 Å². The molecule has 2 aliphatic heterocycles. The Morgan fingerprint density at radius 3 is 2.45 bits per heavy atom. The number of nitrogens with zero attached hydrogens (tertiary/aromatic N) is 1. The van der Waals surface area contributed by atoms with Crippen molar-refractivity contribution in [2.45, 2.75) is 38.5 Å². The summed E-state index contributed by atoms with van der Waals surface area (Å²) in [5.41, 5.74) is 0.113. The normalized spacial score (nSPS) is 23.1. The Labute approximate surface area is 122 Å². The number of methoxy groups -OCH3 is 1. The van der Waals surface area contributed by atoms with Gasteiger partial charge >= 0.3 is 6.03 Å². The smallest absolute Gasteiger partial charge is 0.317 e. The molecular weight excluding hydrogens is 254 g/mol. The van der Waals surface area contributed by atoms with Crippen molar-refractivity contribution in [2.75, 3.05) is 46.4 Å². The lowest BCUT2D eigenvalue weighted by molar-refractivity contribution is 0.0543. The van der Waals surface area contributed by atoms with E-state index in [0.717, 1.165) is 65.0 Å². The molecule has 116 valence electrons. The molecule has 2 amide bonds. The Morgan fingerprint density at radius 2 is 1.85 bits per heavy atom. The van der Waals surface area contributed by atoms with E-state index in [4.69, 9.17) is 4.74 Å². The second kappa shape index (κ2) is 7.84. The third-order valence-electron chi connectivity index (χ3n) is 4.62. The first-order valence-corrected chi connectivity index (χ1v) is 7.98. The first-order chi connectivity index (χ1) is 9.76. The van der Waals surface area contributed by atoms with Crippen LogP contribution in [0.15, 0.2) is 0 Å². The summed E-state index contributed by atoms with van der Waals surface area (Å²) in [6, 6.07) is 0.112. The maximum atomic E-state index is 12.3. The summed E-state index contributed by atoms with van der Waals surface area (Å²) in [4.78, 5) is 14.3. The average Bonchev–Trinajstić information content (AvgIpc) is 2.75. The lowest BCUT2D eigenvalue weighted by Gasteiger charge is -2.37.